The first-order valence-corrected chi connectivity index (χ1v) is 5.07. The molecule has 1 rings (SSSR count). The first kappa shape index (κ1) is 12.2. The van der Waals surface area contributed by atoms with E-state index in [0.717, 1.165) is 0 Å². The fourth-order valence-corrected chi connectivity index (χ4v) is 1.46. The van der Waals surface area contributed by atoms with Crippen molar-refractivity contribution in [2.24, 2.45) is 0 Å². The maximum Gasteiger partial charge on any atom is 0.573 e. The van der Waals surface area contributed by atoms with Crippen LogP contribution in [0.2, 0.25) is 0 Å². The molecule has 0 radical (unpaired) electrons. The predicted molar refractivity (Wildman–Crippen MR) is 52.3 cm³/mol. The van der Waals surface area contributed by atoms with E-state index in [9.17, 15) is 13.2 Å². The number of hydrogen-bond acceptors (Lipinski definition) is 2. The molecular formula is C9H8BrF3O2. The Morgan fingerprint density at radius 3 is 2.47 bits per heavy atom. The second-order valence-corrected chi connectivity index (χ2v) is 3.22. The number of hydrogen-bond donors (Lipinski definition) is 0. The lowest BCUT2D eigenvalue weighted by Crippen LogP contribution is -2.18. The molecule has 0 bridgehead atoms. The Kier molecular flexibility index (Phi) is 3.84. The molecule has 84 valence electrons. The molecule has 0 saturated heterocycles. The molecule has 0 fully saturated rings. The fraction of sp³-hybridized carbons (Fsp3) is 0.333. The highest BCUT2D eigenvalue weighted by molar-refractivity contribution is 9.08. The Labute approximate surface area is 93.1 Å². The van der Waals surface area contributed by atoms with Crippen LogP contribution in [0.5, 0.6) is 11.5 Å². The molecule has 0 heterocycles. The van der Waals surface area contributed by atoms with Crippen LogP contribution in [0, 0.1) is 0 Å². The van der Waals surface area contributed by atoms with E-state index in [2.05, 4.69) is 20.7 Å². The van der Waals surface area contributed by atoms with Gasteiger partial charge in [0.1, 0.15) is 11.5 Å². The molecule has 2 nitrogen and oxygen atoms in total. The number of alkyl halides is 4. The van der Waals surface area contributed by atoms with E-state index < -0.39 is 6.36 Å². The van der Waals surface area contributed by atoms with Crippen molar-refractivity contribution in [3.8, 4) is 11.5 Å². The molecule has 0 aromatic heterocycles. The van der Waals surface area contributed by atoms with Crippen LogP contribution in [0.1, 0.15) is 5.56 Å². The van der Waals surface area contributed by atoms with Crippen LogP contribution in [0.3, 0.4) is 0 Å². The summed E-state index contributed by atoms with van der Waals surface area (Å²) in [5, 5.41) is 0.280. The Hall–Kier alpha value is -0.910. The summed E-state index contributed by atoms with van der Waals surface area (Å²) in [4.78, 5) is 0. The van der Waals surface area contributed by atoms with Gasteiger partial charge in [-0.3, -0.25) is 0 Å². The maximum atomic E-state index is 12.0. The monoisotopic (exact) mass is 284 g/mol. The Morgan fingerprint density at radius 1 is 1.33 bits per heavy atom. The summed E-state index contributed by atoms with van der Waals surface area (Å²) < 4.78 is 44.7. The van der Waals surface area contributed by atoms with E-state index in [1.807, 2.05) is 0 Å². The van der Waals surface area contributed by atoms with Crippen molar-refractivity contribution >= 4 is 15.9 Å². The third kappa shape index (κ3) is 3.62. The van der Waals surface area contributed by atoms with Gasteiger partial charge in [-0.25, -0.2) is 0 Å². The molecular weight excluding hydrogens is 277 g/mol. The summed E-state index contributed by atoms with van der Waals surface area (Å²) in [7, 11) is 1.38. The SMILES string of the molecule is COc1ccc(CBr)c(OC(F)(F)F)c1. The molecule has 0 spiro atoms. The van der Waals surface area contributed by atoms with Gasteiger partial charge in [0.25, 0.3) is 0 Å². The normalized spacial score (nSPS) is 11.3. The smallest absolute Gasteiger partial charge is 0.497 e. The number of rotatable bonds is 3. The third-order valence-electron chi connectivity index (χ3n) is 1.64. The minimum absolute atomic E-state index is 0.251. The van der Waals surface area contributed by atoms with Crippen molar-refractivity contribution in [3.63, 3.8) is 0 Å². The maximum absolute atomic E-state index is 12.0. The highest BCUT2D eigenvalue weighted by Gasteiger charge is 2.32. The molecule has 1 aromatic rings. The molecule has 1 aromatic carbocycles. The predicted octanol–water partition coefficient (Wildman–Crippen LogP) is 3.49. The topological polar surface area (TPSA) is 18.5 Å². The van der Waals surface area contributed by atoms with Crippen LogP contribution < -0.4 is 9.47 Å². The second-order valence-electron chi connectivity index (χ2n) is 2.66. The van der Waals surface area contributed by atoms with Gasteiger partial charge >= 0.3 is 6.36 Å². The first-order valence-electron chi connectivity index (χ1n) is 3.95. The molecule has 0 aliphatic rings. The molecule has 15 heavy (non-hydrogen) atoms. The van der Waals surface area contributed by atoms with Crippen molar-refractivity contribution in [2.45, 2.75) is 11.7 Å². The van der Waals surface area contributed by atoms with Crippen LogP contribution in [-0.2, 0) is 5.33 Å². The fourth-order valence-electron chi connectivity index (χ4n) is 0.992. The Balaban J connectivity index is 3.01. The molecule has 0 atom stereocenters. The lowest BCUT2D eigenvalue weighted by atomic mass is 10.2. The van der Waals surface area contributed by atoms with Crippen molar-refractivity contribution < 1.29 is 22.6 Å². The quantitative estimate of drug-likeness (QED) is 0.791. The van der Waals surface area contributed by atoms with Gasteiger partial charge in [-0.2, -0.15) is 0 Å². The standard InChI is InChI=1S/C9H8BrF3O2/c1-14-7-3-2-6(5-10)8(4-7)15-9(11,12)13/h2-4H,5H2,1H3. The van der Waals surface area contributed by atoms with Crippen molar-refractivity contribution in [1.29, 1.82) is 0 Å². The van der Waals surface area contributed by atoms with Gasteiger partial charge in [-0.15, -0.1) is 13.2 Å². The van der Waals surface area contributed by atoms with Gasteiger partial charge in [-0.05, 0) is 6.07 Å². The van der Waals surface area contributed by atoms with Crippen LogP contribution in [0.15, 0.2) is 18.2 Å². The zero-order chi connectivity index (χ0) is 11.5. The zero-order valence-corrected chi connectivity index (χ0v) is 9.35. The summed E-state index contributed by atoms with van der Waals surface area (Å²) in [5.41, 5.74) is 0.410. The third-order valence-corrected chi connectivity index (χ3v) is 2.25. The van der Waals surface area contributed by atoms with Gasteiger partial charge in [-0.1, -0.05) is 22.0 Å². The summed E-state index contributed by atoms with van der Waals surface area (Å²) >= 11 is 3.07. The summed E-state index contributed by atoms with van der Waals surface area (Å²) in [6.07, 6.45) is -4.69. The average molecular weight is 285 g/mol. The number of halogens is 4. The second kappa shape index (κ2) is 4.74. The van der Waals surface area contributed by atoms with Gasteiger partial charge in [0.15, 0.2) is 0 Å². The molecule has 0 aliphatic carbocycles. The van der Waals surface area contributed by atoms with Crippen molar-refractivity contribution in [3.05, 3.63) is 23.8 Å². The highest BCUT2D eigenvalue weighted by Crippen LogP contribution is 2.31. The van der Waals surface area contributed by atoms with E-state index >= 15 is 0 Å². The largest absolute Gasteiger partial charge is 0.573 e. The zero-order valence-electron chi connectivity index (χ0n) is 7.77. The number of ether oxygens (including phenoxy) is 2. The molecule has 0 unspecified atom stereocenters. The number of benzene rings is 1. The highest BCUT2D eigenvalue weighted by atomic mass is 79.9. The molecule has 0 N–H and O–H groups in total. The van der Waals surface area contributed by atoms with Gasteiger partial charge in [0.2, 0.25) is 0 Å². The summed E-state index contributed by atoms with van der Waals surface area (Å²) in [6.45, 7) is 0. The minimum atomic E-state index is -4.69. The van der Waals surface area contributed by atoms with Gasteiger partial charge < -0.3 is 9.47 Å². The van der Waals surface area contributed by atoms with Gasteiger partial charge in [0, 0.05) is 17.0 Å². The van der Waals surface area contributed by atoms with E-state index in [1.54, 1.807) is 6.07 Å². The van der Waals surface area contributed by atoms with Crippen LogP contribution >= 0.6 is 15.9 Å². The Morgan fingerprint density at radius 2 is 2.00 bits per heavy atom. The van der Waals surface area contributed by atoms with Crippen LogP contribution in [0.25, 0.3) is 0 Å². The molecule has 0 aliphatic heterocycles. The van der Waals surface area contributed by atoms with Crippen LogP contribution in [-0.4, -0.2) is 13.5 Å². The lowest BCUT2D eigenvalue weighted by Gasteiger charge is -2.13. The molecule has 6 heteroatoms. The Bertz CT molecular complexity index is 339. The minimum Gasteiger partial charge on any atom is -0.497 e. The van der Waals surface area contributed by atoms with Crippen molar-refractivity contribution in [1.82, 2.24) is 0 Å². The molecule has 0 saturated carbocycles. The first-order chi connectivity index (χ1) is 6.96. The van der Waals surface area contributed by atoms with Crippen molar-refractivity contribution in [2.75, 3.05) is 7.11 Å². The number of methoxy groups -OCH3 is 1. The van der Waals surface area contributed by atoms with E-state index in [-0.39, 0.29) is 11.1 Å². The van der Waals surface area contributed by atoms with E-state index in [4.69, 9.17) is 4.74 Å². The molecule has 0 amide bonds. The van der Waals surface area contributed by atoms with E-state index in [0.29, 0.717) is 11.3 Å². The summed E-state index contributed by atoms with van der Waals surface area (Å²) in [5.74, 6) is 0.0673. The summed E-state index contributed by atoms with van der Waals surface area (Å²) in [6, 6.07) is 4.28. The average Bonchev–Trinajstić information content (AvgIpc) is 2.15. The van der Waals surface area contributed by atoms with Crippen LogP contribution in [0.4, 0.5) is 13.2 Å². The van der Waals surface area contributed by atoms with Gasteiger partial charge in [0.05, 0.1) is 7.11 Å². The lowest BCUT2D eigenvalue weighted by molar-refractivity contribution is -0.274. The van der Waals surface area contributed by atoms with E-state index in [1.165, 1.54) is 19.2 Å².